The Morgan fingerprint density at radius 2 is 1.93 bits per heavy atom. The molecule has 154 valence electrons. The topological polar surface area (TPSA) is 129 Å². The molecule has 4 atom stereocenters. The van der Waals surface area contributed by atoms with Crippen LogP contribution in [0.3, 0.4) is 0 Å². The quantitative estimate of drug-likeness (QED) is 0.576. The highest BCUT2D eigenvalue weighted by Crippen LogP contribution is 2.49. The monoisotopic (exact) mass is 406 g/mol. The largest absolute Gasteiger partial charge is 0.388 e. The number of rotatable bonds is 9. The Hall–Kier alpha value is -1.29. The zero-order chi connectivity index (χ0) is 20.2. The normalized spacial score (nSPS) is 25.8. The second-order valence-corrected chi connectivity index (χ2v) is 8.38. The highest BCUT2D eigenvalue weighted by molar-refractivity contribution is 7.53. The minimum absolute atomic E-state index is 0.0547. The summed E-state index contributed by atoms with van der Waals surface area (Å²) in [7, 11) is -1.90. The molecule has 0 radical (unpaired) electrons. The summed E-state index contributed by atoms with van der Waals surface area (Å²) in [6, 6.07) is 0. The SMILES string of the molecule is CCOP(=O)(CC[C@H]1O[C@@H](n2cc(C)c(=O)[nH]c2=O)[C@H](OC)[C@@H]1O)OCC. The van der Waals surface area contributed by atoms with Gasteiger partial charge in [-0.3, -0.25) is 18.9 Å². The number of nitrogens with one attached hydrogen (secondary N) is 1. The van der Waals surface area contributed by atoms with Crippen molar-refractivity contribution in [1.29, 1.82) is 0 Å². The van der Waals surface area contributed by atoms with Gasteiger partial charge in [0.1, 0.15) is 12.2 Å². The van der Waals surface area contributed by atoms with Gasteiger partial charge in [0.2, 0.25) is 0 Å². The minimum Gasteiger partial charge on any atom is -0.388 e. The van der Waals surface area contributed by atoms with Gasteiger partial charge in [-0.05, 0) is 27.2 Å². The molecule has 0 bridgehead atoms. The lowest BCUT2D eigenvalue weighted by atomic mass is 10.1. The molecule has 1 aliphatic heterocycles. The zero-order valence-corrected chi connectivity index (χ0v) is 16.8. The van der Waals surface area contributed by atoms with Crippen molar-refractivity contribution in [2.24, 2.45) is 0 Å². The summed E-state index contributed by atoms with van der Waals surface area (Å²) in [5, 5.41) is 10.5. The van der Waals surface area contributed by atoms with Gasteiger partial charge in [-0.15, -0.1) is 0 Å². The molecule has 11 heteroatoms. The van der Waals surface area contributed by atoms with Crippen LogP contribution in [0.4, 0.5) is 0 Å². The zero-order valence-electron chi connectivity index (χ0n) is 15.9. The molecule has 1 fully saturated rings. The molecule has 0 aliphatic carbocycles. The number of H-pyrrole nitrogens is 1. The van der Waals surface area contributed by atoms with Crippen LogP contribution in [0.1, 0.15) is 32.1 Å². The van der Waals surface area contributed by atoms with Crippen LogP contribution >= 0.6 is 7.60 Å². The van der Waals surface area contributed by atoms with E-state index in [0.29, 0.717) is 5.56 Å². The van der Waals surface area contributed by atoms with E-state index >= 15 is 0 Å². The fraction of sp³-hybridized carbons (Fsp3) is 0.750. The van der Waals surface area contributed by atoms with E-state index in [4.69, 9.17) is 18.5 Å². The van der Waals surface area contributed by atoms with Gasteiger partial charge >= 0.3 is 13.3 Å². The second kappa shape index (κ2) is 9.27. The molecule has 1 saturated heterocycles. The van der Waals surface area contributed by atoms with Crippen molar-refractivity contribution in [3.8, 4) is 0 Å². The first-order chi connectivity index (χ1) is 12.8. The maximum absolute atomic E-state index is 12.6. The number of aliphatic hydroxyl groups is 1. The molecule has 1 aromatic rings. The van der Waals surface area contributed by atoms with Crippen LogP contribution in [-0.2, 0) is 23.1 Å². The van der Waals surface area contributed by atoms with Gasteiger partial charge in [-0.2, -0.15) is 0 Å². The number of nitrogens with zero attached hydrogens (tertiary/aromatic N) is 1. The van der Waals surface area contributed by atoms with Crippen molar-refractivity contribution in [2.45, 2.75) is 51.7 Å². The summed E-state index contributed by atoms with van der Waals surface area (Å²) in [6.07, 6.45) is -1.97. The molecule has 2 rings (SSSR count). The molecule has 0 aromatic carbocycles. The highest BCUT2D eigenvalue weighted by atomic mass is 31.2. The molecular formula is C16H27N2O8P. The van der Waals surface area contributed by atoms with Gasteiger partial charge in [-0.1, -0.05) is 0 Å². The van der Waals surface area contributed by atoms with E-state index in [9.17, 15) is 19.3 Å². The van der Waals surface area contributed by atoms with Crippen molar-refractivity contribution in [2.75, 3.05) is 26.5 Å². The molecule has 0 amide bonds. The number of hydrogen-bond acceptors (Lipinski definition) is 8. The fourth-order valence-corrected chi connectivity index (χ4v) is 4.75. The number of aromatic nitrogens is 2. The van der Waals surface area contributed by atoms with Crippen LogP contribution in [0, 0.1) is 6.92 Å². The smallest absolute Gasteiger partial charge is 0.330 e. The minimum atomic E-state index is -3.29. The van der Waals surface area contributed by atoms with Crippen molar-refractivity contribution in [3.63, 3.8) is 0 Å². The maximum Gasteiger partial charge on any atom is 0.330 e. The average Bonchev–Trinajstić information content (AvgIpc) is 2.92. The van der Waals surface area contributed by atoms with Gasteiger partial charge in [0.15, 0.2) is 6.23 Å². The summed E-state index contributed by atoms with van der Waals surface area (Å²) in [5.74, 6) is 0. The third-order valence-corrected chi connectivity index (χ3v) is 6.45. The molecular weight excluding hydrogens is 379 g/mol. The second-order valence-electron chi connectivity index (χ2n) is 6.19. The van der Waals surface area contributed by atoms with Crippen LogP contribution < -0.4 is 11.2 Å². The molecule has 2 heterocycles. The summed E-state index contributed by atoms with van der Waals surface area (Å²) < 4.78 is 35.4. The van der Waals surface area contributed by atoms with Crippen molar-refractivity contribution < 1.29 is 28.2 Å². The third-order valence-electron chi connectivity index (χ3n) is 4.34. The lowest BCUT2D eigenvalue weighted by Gasteiger charge is -2.20. The Bertz CT molecular complexity index is 781. The molecule has 2 N–H and O–H groups in total. The van der Waals surface area contributed by atoms with E-state index in [0.717, 1.165) is 0 Å². The van der Waals surface area contributed by atoms with E-state index in [-0.39, 0.29) is 25.8 Å². The van der Waals surface area contributed by atoms with E-state index in [1.54, 1.807) is 20.8 Å². The number of hydrogen-bond donors (Lipinski definition) is 2. The van der Waals surface area contributed by atoms with Crippen LogP contribution in [0.25, 0.3) is 0 Å². The lowest BCUT2D eigenvalue weighted by Crippen LogP contribution is -2.39. The molecule has 1 aromatic heterocycles. The predicted octanol–water partition coefficient (Wildman–Crippen LogP) is 0.775. The fourth-order valence-electron chi connectivity index (χ4n) is 3.06. The van der Waals surface area contributed by atoms with E-state index in [2.05, 4.69) is 4.98 Å². The predicted molar refractivity (Wildman–Crippen MR) is 97.1 cm³/mol. The molecule has 0 saturated carbocycles. The maximum atomic E-state index is 12.6. The van der Waals surface area contributed by atoms with Crippen molar-refractivity contribution >= 4 is 7.60 Å². The van der Waals surface area contributed by atoms with Gasteiger partial charge in [0, 0.05) is 18.9 Å². The van der Waals surface area contributed by atoms with Crippen LogP contribution in [0.15, 0.2) is 15.8 Å². The lowest BCUT2D eigenvalue weighted by molar-refractivity contribution is -0.0544. The van der Waals surface area contributed by atoms with Crippen molar-refractivity contribution in [3.05, 3.63) is 32.6 Å². The van der Waals surface area contributed by atoms with Crippen LogP contribution in [0.2, 0.25) is 0 Å². The summed E-state index contributed by atoms with van der Waals surface area (Å²) in [5.41, 5.74) is -0.835. The number of aryl methyl sites for hydroxylation is 1. The first-order valence-corrected chi connectivity index (χ1v) is 10.6. The van der Waals surface area contributed by atoms with Crippen molar-refractivity contribution in [1.82, 2.24) is 9.55 Å². The van der Waals surface area contributed by atoms with Crippen LogP contribution in [-0.4, -0.2) is 59.5 Å². The summed E-state index contributed by atoms with van der Waals surface area (Å²) in [4.78, 5) is 25.9. The van der Waals surface area contributed by atoms with E-state index in [1.807, 2.05) is 0 Å². The first-order valence-electron chi connectivity index (χ1n) is 8.82. The van der Waals surface area contributed by atoms with Gasteiger partial charge < -0.3 is 23.6 Å². The molecule has 1 aliphatic rings. The Morgan fingerprint density at radius 1 is 1.30 bits per heavy atom. The van der Waals surface area contributed by atoms with Gasteiger partial charge in [-0.25, -0.2) is 4.79 Å². The standard InChI is InChI=1S/C16H27N2O8P/c1-5-24-27(22,25-6-2)8-7-11-12(19)13(23-4)15(26-11)18-9-10(3)14(20)17-16(18)21/h9,11-13,15,19H,5-8H2,1-4H3,(H,17,20,21)/t11-,12-,13-,15-/m1/s1. The van der Waals surface area contributed by atoms with Crippen LogP contribution in [0.5, 0.6) is 0 Å². The molecule has 27 heavy (non-hydrogen) atoms. The Kier molecular flexibility index (Phi) is 7.55. The number of ether oxygens (including phenoxy) is 2. The van der Waals surface area contributed by atoms with Gasteiger partial charge in [0.05, 0.1) is 25.5 Å². The Labute approximate surface area is 156 Å². The van der Waals surface area contributed by atoms with E-state index in [1.165, 1.54) is 17.9 Å². The molecule has 10 nitrogen and oxygen atoms in total. The number of aromatic amines is 1. The number of methoxy groups -OCH3 is 1. The summed E-state index contributed by atoms with van der Waals surface area (Å²) >= 11 is 0. The first kappa shape index (κ1) is 22.0. The third kappa shape index (κ3) is 4.96. The average molecular weight is 406 g/mol. The highest BCUT2D eigenvalue weighted by Gasteiger charge is 2.46. The Balaban J connectivity index is 2.20. The summed E-state index contributed by atoms with van der Waals surface area (Å²) in [6.45, 7) is 5.46. The number of aliphatic hydroxyl groups excluding tert-OH is 1. The van der Waals surface area contributed by atoms with Gasteiger partial charge in [0.25, 0.3) is 5.56 Å². The molecule has 0 unspecified atom stereocenters. The molecule has 0 spiro atoms. The Morgan fingerprint density at radius 3 is 2.48 bits per heavy atom. The van der Waals surface area contributed by atoms with E-state index < -0.39 is 43.4 Å².